The van der Waals surface area contributed by atoms with Gasteiger partial charge in [0.05, 0.1) is 75.1 Å². The smallest absolute Gasteiger partial charge is 0.339 e. The first kappa shape index (κ1) is 115. The minimum Gasteiger partial charge on any atom is -0.493 e. The van der Waals surface area contributed by atoms with Crippen molar-refractivity contribution in [2.75, 3.05) is 39.5 Å². The Hall–Kier alpha value is -7.75. The quantitative estimate of drug-likeness (QED) is 0.00504. The molecule has 9 rings (SSSR count). The van der Waals surface area contributed by atoms with Gasteiger partial charge in [0.2, 0.25) is 0 Å². The molecule has 2 fully saturated rings. The van der Waals surface area contributed by atoms with Gasteiger partial charge in [0.1, 0.15) is 23.7 Å². The van der Waals surface area contributed by atoms with Gasteiger partial charge in [0.15, 0.2) is 28.2 Å². The van der Waals surface area contributed by atoms with Crippen molar-refractivity contribution in [1.29, 1.82) is 0 Å². The standard InChI is InChI=1S/C58H85N3O7SSi3.C52H79N3O7Si3/c1-42(44(3)67-72(57(7,8)9,46-28-22-18-23-29-46)47-30-24-19-25-31-47)32-35-50(68-71(15,16)56(4,5)6)54-49(65-58(10,11)66-54)36-37-51(69-45-26-20-17-21-27-45)53-48(63-39-38-60-61-59)34-33-43(2)52(53)55(62)64-40-41-70(12,13)14;1-38(40(3)61-65(51(7,8)9,41-24-19-17-20-25-41)42-26-21-18-22-27-42)30-33-46(62-64(15,16)50(4,5)6)48-45(59-52(10,11)60-48)29-23-28-43-44(57-35-34-54-55-53)32-31-39(2)47(43)49(56)58-36-37-63(12,13)14/h17-35,42,44,49-51,54H,36-41H2,1-16H3;17-28,30-33,38,40,45-46,48H,29,34-37H2,1-16H3/b35-32-;28-23+,33-30-/t42-,44+,49+,50?,51?,54+;38-,40+,45+,46?,48+/m11/s1. The van der Waals surface area contributed by atoms with Gasteiger partial charge in [-0.25, -0.2) is 9.59 Å². The molecule has 0 radical (unpaired) electrons. The Balaban J connectivity index is 0.000000338. The number of carbonyl (C=O) groups excluding carboxylic acids is 2. The number of aryl methyl sites for hydroxylation is 2. The molecule has 2 saturated heterocycles. The van der Waals surface area contributed by atoms with Gasteiger partial charge < -0.3 is 55.6 Å². The molecule has 0 spiro atoms. The lowest BCUT2D eigenvalue weighted by molar-refractivity contribution is -0.152. The number of thioether (sulfide) groups is 1. The van der Waals surface area contributed by atoms with E-state index in [0.29, 0.717) is 60.7 Å². The second-order valence-corrected chi connectivity index (χ2v) is 75.9. The molecule has 0 bridgehead atoms. The van der Waals surface area contributed by atoms with Gasteiger partial charge in [-0.05, 0) is 212 Å². The monoisotopic (exact) mass is 1990 g/mol. The summed E-state index contributed by atoms with van der Waals surface area (Å²) in [6.45, 7) is 72.1. The lowest BCUT2D eigenvalue weighted by atomic mass is 9.93. The summed E-state index contributed by atoms with van der Waals surface area (Å²) in [7, 11) is -13.3. The molecule has 0 aromatic heterocycles. The summed E-state index contributed by atoms with van der Waals surface area (Å²) in [4.78, 5) is 35.0. The van der Waals surface area contributed by atoms with Gasteiger partial charge in [0, 0.05) is 59.5 Å². The summed E-state index contributed by atoms with van der Waals surface area (Å²) in [5.74, 6) is -1.42. The second kappa shape index (κ2) is 49.3. The molecule has 137 heavy (non-hydrogen) atoms. The van der Waals surface area contributed by atoms with E-state index >= 15 is 0 Å². The third kappa shape index (κ3) is 31.9. The number of nitrogens with zero attached hydrogens (tertiary/aromatic N) is 6. The zero-order chi connectivity index (χ0) is 102. The van der Waals surface area contributed by atoms with Gasteiger partial charge in [-0.15, -0.1) is 11.8 Å². The van der Waals surface area contributed by atoms with Crippen LogP contribution in [0, 0.1) is 25.7 Å². The molecular weight excluding hydrogens is 1830 g/mol. The Morgan fingerprint density at radius 1 is 0.453 bits per heavy atom. The Labute approximate surface area is 832 Å². The minimum atomic E-state index is -2.83. The highest BCUT2D eigenvalue weighted by molar-refractivity contribution is 7.99. The molecule has 3 unspecified atom stereocenters. The molecule has 7 aromatic carbocycles. The highest BCUT2D eigenvalue weighted by Crippen LogP contribution is 2.50. The van der Waals surface area contributed by atoms with Crippen LogP contribution in [0.3, 0.4) is 0 Å². The predicted molar refractivity (Wildman–Crippen MR) is 581 cm³/mol. The van der Waals surface area contributed by atoms with Crippen LogP contribution in [0.1, 0.15) is 206 Å². The molecule has 11 atom stereocenters. The first-order valence-electron chi connectivity index (χ1n) is 49.2. The van der Waals surface area contributed by atoms with Crippen LogP contribution in [-0.4, -0.2) is 161 Å². The molecule has 2 aliphatic rings. The maximum atomic E-state index is 14.4. The largest absolute Gasteiger partial charge is 0.493 e. The molecular formula is C110H164N6O14SSi6. The number of hydrogen-bond acceptors (Lipinski definition) is 17. The molecule has 0 N–H and O–H groups in total. The van der Waals surface area contributed by atoms with Crippen LogP contribution >= 0.6 is 11.8 Å². The van der Waals surface area contributed by atoms with E-state index in [1.807, 2.05) is 96.2 Å². The van der Waals surface area contributed by atoms with E-state index in [-0.39, 0.29) is 93.9 Å². The van der Waals surface area contributed by atoms with Gasteiger partial charge >= 0.3 is 11.9 Å². The number of benzene rings is 7. The van der Waals surface area contributed by atoms with Crippen molar-refractivity contribution >= 4 is 99.9 Å². The number of hydrogen-bond donors (Lipinski definition) is 0. The second-order valence-electron chi connectivity index (χ2n) is 45.4. The highest BCUT2D eigenvalue weighted by Gasteiger charge is 2.55. The van der Waals surface area contributed by atoms with E-state index in [9.17, 15) is 9.59 Å². The summed E-state index contributed by atoms with van der Waals surface area (Å²) >= 11 is 1.69. The molecule has 2 heterocycles. The van der Waals surface area contributed by atoms with Crippen LogP contribution < -0.4 is 30.2 Å². The van der Waals surface area contributed by atoms with Crippen LogP contribution in [-0.2, 0) is 46.1 Å². The van der Waals surface area contributed by atoms with Crippen LogP contribution in [0.4, 0.5) is 0 Å². The summed E-state index contributed by atoms with van der Waals surface area (Å²) in [6.07, 6.45) is 11.8. The lowest BCUT2D eigenvalue weighted by Crippen LogP contribution is -2.67. The van der Waals surface area contributed by atoms with E-state index in [4.69, 9.17) is 66.7 Å². The maximum absolute atomic E-state index is 14.4. The number of ether oxygens (including phenoxy) is 8. The molecule has 20 nitrogen and oxygen atoms in total. The Kier molecular flexibility index (Phi) is 41.2. The third-order valence-corrected chi connectivity index (χ3v) is 50.9. The summed E-state index contributed by atoms with van der Waals surface area (Å²) < 4.78 is 81.8. The molecule has 2 aliphatic heterocycles. The van der Waals surface area contributed by atoms with Gasteiger partial charge in [0.25, 0.3) is 16.6 Å². The van der Waals surface area contributed by atoms with E-state index in [0.717, 1.165) is 33.7 Å². The molecule has 0 aliphatic carbocycles. The van der Waals surface area contributed by atoms with Crippen LogP contribution in [0.25, 0.3) is 27.0 Å². The van der Waals surface area contributed by atoms with Gasteiger partial charge in [-0.3, -0.25) is 0 Å². The first-order chi connectivity index (χ1) is 63.9. The molecule has 7 aromatic rings. The lowest BCUT2D eigenvalue weighted by Gasteiger charge is -2.45. The topological polar surface area (TPSA) is 242 Å². The van der Waals surface area contributed by atoms with Gasteiger partial charge in [-0.1, -0.05) is 335 Å². The van der Waals surface area contributed by atoms with Crippen molar-refractivity contribution in [2.24, 2.45) is 22.1 Å². The van der Waals surface area contributed by atoms with Crippen LogP contribution in [0.15, 0.2) is 221 Å². The van der Waals surface area contributed by atoms with Crippen molar-refractivity contribution in [3.8, 4) is 11.5 Å². The molecule has 748 valence electrons. The Bertz CT molecular complexity index is 5110. The Morgan fingerprint density at radius 3 is 1.19 bits per heavy atom. The minimum absolute atomic E-state index is 0.0140. The van der Waals surface area contributed by atoms with E-state index in [1.54, 1.807) is 11.8 Å². The number of azide groups is 2. The number of esters is 2. The number of carbonyl (C=O) groups is 2. The van der Waals surface area contributed by atoms with E-state index in [2.05, 4.69) is 354 Å². The van der Waals surface area contributed by atoms with Crippen LogP contribution in [0.2, 0.25) is 97.7 Å². The summed E-state index contributed by atoms with van der Waals surface area (Å²) in [5.41, 5.74) is 21.8. The molecule has 0 amide bonds. The SMILES string of the molecule is Cc1ccc(OCCN=[N+]=[N-])c(/C=C/C[C@@H]2OC(C)(C)O[C@@H]2C(/C=C\[C@@H](C)[C@H](C)O[Si](c2ccccc2)(c2ccccc2)C(C)(C)C)O[Si](C)(C)C(C)(C)C)c1C(=O)OCC[Si](C)(C)C.Cc1ccc(OCCN=[N+]=[N-])c(C(CC[C@@H]2OC(C)(C)O[C@@H]2C(/C=C\[C@@H](C)[C@H](C)O[Si](c2ccccc2)(c2ccccc2)C(C)(C)C)O[Si](C)(C)C(C)(C)C)Sc2ccccc2)c1C(=O)OCC[Si](C)(C)C. The molecule has 27 heteroatoms. The highest BCUT2D eigenvalue weighted by atomic mass is 32.2. The van der Waals surface area contributed by atoms with E-state index < -0.39 is 91.4 Å². The Morgan fingerprint density at radius 2 is 0.810 bits per heavy atom. The normalized spacial score (nSPS) is 18.5. The zero-order valence-corrected chi connectivity index (χ0v) is 95.5. The van der Waals surface area contributed by atoms with Crippen molar-refractivity contribution in [1.82, 2.24) is 0 Å². The fraction of sp³-hybridized carbons (Fsp3) is 0.545. The van der Waals surface area contributed by atoms with E-state index in [1.165, 1.54) is 20.7 Å². The van der Waals surface area contributed by atoms with Gasteiger partial charge in [-0.2, -0.15) is 0 Å². The first-order valence-corrected chi connectivity index (χ1v) is 67.1. The van der Waals surface area contributed by atoms with Crippen molar-refractivity contribution < 1.29 is 65.2 Å². The maximum Gasteiger partial charge on any atom is 0.339 e. The third-order valence-electron chi connectivity index (χ3n) is 27.0. The molecule has 0 saturated carbocycles. The summed E-state index contributed by atoms with van der Waals surface area (Å²) in [5, 5.41) is 11.6. The van der Waals surface area contributed by atoms with Crippen molar-refractivity contribution in [2.45, 2.75) is 340 Å². The fourth-order valence-corrected chi connectivity index (χ4v) is 31.7. The average molecular weight is 2000 g/mol. The fourth-order valence-electron chi connectivity index (χ4n) is 17.0. The van der Waals surface area contributed by atoms with Crippen LogP contribution in [0.5, 0.6) is 11.5 Å². The average Bonchev–Trinajstić information content (AvgIpc) is 1.35. The summed E-state index contributed by atoms with van der Waals surface area (Å²) in [6, 6.07) is 62.7. The van der Waals surface area contributed by atoms with Crippen molar-refractivity contribution in [3.63, 3.8) is 0 Å². The van der Waals surface area contributed by atoms with Crippen molar-refractivity contribution in [3.05, 3.63) is 261 Å². The number of rotatable bonds is 45. The predicted octanol–water partition coefficient (Wildman–Crippen LogP) is 27.5. The zero-order valence-electron chi connectivity index (χ0n) is 88.6.